The minimum Gasteiger partial charge on any atom is -0.493 e. The number of amides is 1. The first-order valence-electron chi connectivity index (χ1n) is 8.16. The van der Waals surface area contributed by atoms with E-state index in [4.69, 9.17) is 9.47 Å². The Hall–Kier alpha value is -1.79. The lowest BCUT2D eigenvalue weighted by Crippen LogP contribution is -2.12. The zero-order chi connectivity index (χ0) is 17.6. The molecule has 0 atom stereocenters. The van der Waals surface area contributed by atoms with Gasteiger partial charge in [-0.15, -0.1) is 23.5 Å². The number of rotatable bonds is 6. The van der Waals surface area contributed by atoms with Crippen LogP contribution in [0.4, 0.5) is 5.69 Å². The molecule has 1 fully saturated rings. The SMILES string of the molecule is CCOc1ccc(NC(=O)c2ccc(C3SCCS3)cc2)cc1OC. The highest BCUT2D eigenvalue weighted by molar-refractivity contribution is 8.19. The summed E-state index contributed by atoms with van der Waals surface area (Å²) in [6.45, 7) is 2.48. The molecule has 0 radical (unpaired) electrons. The zero-order valence-electron chi connectivity index (χ0n) is 14.3. The fourth-order valence-electron chi connectivity index (χ4n) is 2.57. The molecule has 6 heteroatoms. The molecule has 25 heavy (non-hydrogen) atoms. The van der Waals surface area contributed by atoms with Crippen molar-refractivity contribution in [3.8, 4) is 11.5 Å². The van der Waals surface area contributed by atoms with Gasteiger partial charge in [0.2, 0.25) is 0 Å². The number of methoxy groups -OCH3 is 1. The van der Waals surface area contributed by atoms with E-state index >= 15 is 0 Å². The fourth-order valence-corrected chi connectivity index (χ4v) is 5.43. The van der Waals surface area contributed by atoms with Crippen LogP contribution in [0.5, 0.6) is 11.5 Å². The van der Waals surface area contributed by atoms with Crippen LogP contribution in [0.1, 0.15) is 27.4 Å². The highest BCUT2D eigenvalue weighted by Crippen LogP contribution is 2.45. The van der Waals surface area contributed by atoms with Gasteiger partial charge in [-0.3, -0.25) is 4.79 Å². The van der Waals surface area contributed by atoms with Gasteiger partial charge < -0.3 is 14.8 Å². The Morgan fingerprint density at radius 1 is 1.12 bits per heavy atom. The van der Waals surface area contributed by atoms with Crippen LogP contribution in [0.3, 0.4) is 0 Å². The van der Waals surface area contributed by atoms with E-state index in [1.807, 2.05) is 60.8 Å². The molecule has 0 saturated carbocycles. The predicted octanol–water partition coefficient (Wildman–Crippen LogP) is 4.82. The van der Waals surface area contributed by atoms with Gasteiger partial charge in [-0.25, -0.2) is 0 Å². The normalized spacial score (nSPS) is 14.3. The van der Waals surface area contributed by atoms with Crippen LogP contribution in [0.15, 0.2) is 42.5 Å². The summed E-state index contributed by atoms with van der Waals surface area (Å²) in [7, 11) is 1.58. The van der Waals surface area contributed by atoms with Crippen molar-refractivity contribution in [1.29, 1.82) is 0 Å². The second kappa shape index (κ2) is 8.54. The van der Waals surface area contributed by atoms with E-state index in [9.17, 15) is 4.79 Å². The van der Waals surface area contributed by atoms with E-state index in [1.54, 1.807) is 19.2 Å². The van der Waals surface area contributed by atoms with Crippen LogP contribution >= 0.6 is 23.5 Å². The second-order valence-electron chi connectivity index (χ2n) is 5.45. The van der Waals surface area contributed by atoms with Gasteiger partial charge in [0, 0.05) is 28.8 Å². The van der Waals surface area contributed by atoms with E-state index in [0.29, 0.717) is 33.9 Å². The first kappa shape index (κ1) is 18.0. The Kier molecular flexibility index (Phi) is 6.15. The highest BCUT2D eigenvalue weighted by atomic mass is 32.2. The molecule has 0 aliphatic carbocycles. The number of ether oxygens (including phenoxy) is 2. The lowest BCUT2D eigenvalue weighted by atomic mass is 10.1. The van der Waals surface area contributed by atoms with Gasteiger partial charge in [0.1, 0.15) is 0 Å². The van der Waals surface area contributed by atoms with E-state index < -0.39 is 0 Å². The molecule has 0 unspecified atom stereocenters. The van der Waals surface area contributed by atoms with Crippen molar-refractivity contribution < 1.29 is 14.3 Å². The van der Waals surface area contributed by atoms with Gasteiger partial charge in [-0.1, -0.05) is 12.1 Å². The molecule has 0 spiro atoms. The summed E-state index contributed by atoms with van der Waals surface area (Å²) in [6, 6.07) is 13.2. The van der Waals surface area contributed by atoms with Crippen LogP contribution < -0.4 is 14.8 Å². The van der Waals surface area contributed by atoms with Crippen molar-refractivity contribution in [1.82, 2.24) is 0 Å². The summed E-state index contributed by atoms with van der Waals surface area (Å²) in [5.74, 6) is 3.52. The predicted molar refractivity (Wildman–Crippen MR) is 106 cm³/mol. The summed E-state index contributed by atoms with van der Waals surface area (Å²) in [5, 5.41) is 2.91. The lowest BCUT2D eigenvalue weighted by molar-refractivity contribution is 0.102. The quantitative estimate of drug-likeness (QED) is 0.784. The molecule has 1 saturated heterocycles. The number of anilines is 1. The Bertz CT molecular complexity index is 728. The number of carbonyl (C=O) groups is 1. The van der Waals surface area contributed by atoms with E-state index in [1.165, 1.54) is 17.1 Å². The van der Waals surface area contributed by atoms with E-state index in [2.05, 4.69) is 5.32 Å². The van der Waals surface area contributed by atoms with Crippen molar-refractivity contribution in [2.24, 2.45) is 0 Å². The Morgan fingerprint density at radius 3 is 2.48 bits per heavy atom. The maximum atomic E-state index is 12.5. The van der Waals surface area contributed by atoms with Crippen molar-refractivity contribution >= 4 is 35.1 Å². The third-order valence-electron chi connectivity index (χ3n) is 3.79. The van der Waals surface area contributed by atoms with Gasteiger partial charge in [-0.2, -0.15) is 0 Å². The third-order valence-corrected chi connectivity index (χ3v) is 6.89. The number of benzene rings is 2. The molecular weight excluding hydrogens is 354 g/mol. The van der Waals surface area contributed by atoms with Gasteiger partial charge in [0.25, 0.3) is 5.91 Å². The summed E-state index contributed by atoms with van der Waals surface area (Å²) < 4.78 is 11.3. The number of hydrogen-bond acceptors (Lipinski definition) is 5. The molecule has 1 aliphatic heterocycles. The molecule has 1 amide bonds. The van der Waals surface area contributed by atoms with Gasteiger partial charge >= 0.3 is 0 Å². The first-order valence-corrected chi connectivity index (χ1v) is 10.3. The smallest absolute Gasteiger partial charge is 0.255 e. The summed E-state index contributed by atoms with van der Waals surface area (Å²) in [6.07, 6.45) is 0. The highest BCUT2D eigenvalue weighted by Gasteiger charge is 2.18. The Balaban J connectivity index is 1.69. The van der Waals surface area contributed by atoms with Crippen molar-refractivity contribution in [2.45, 2.75) is 11.5 Å². The molecule has 2 aromatic carbocycles. The molecule has 1 N–H and O–H groups in total. The van der Waals surface area contributed by atoms with Crippen molar-refractivity contribution in [2.75, 3.05) is 30.5 Å². The van der Waals surface area contributed by atoms with Crippen LogP contribution in [-0.4, -0.2) is 31.1 Å². The lowest BCUT2D eigenvalue weighted by Gasteiger charge is -2.12. The monoisotopic (exact) mass is 375 g/mol. The molecule has 1 aliphatic rings. The molecule has 1 heterocycles. The van der Waals surface area contributed by atoms with Crippen LogP contribution in [0.25, 0.3) is 0 Å². The number of hydrogen-bond donors (Lipinski definition) is 1. The number of carbonyl (C=O) groups excluding carboxylic acids is 1. The average molecular weight is 376 g/mol. The molecule has 0 bridgehead atoms. The average Bonchev–Trinajstić information content (AvgIpc) is 3.18. The first-order chi connectivity index (χ1) is 12.2. The topological polar surface area (TPSA) is 47.6 Å². The summed E-state index contributed by atoms with van der Waals surface area (Å²) in [5.41, 5.74) is 2.59. The van der Waals surface area contributed by atoms with Gasteiger partial charge in [0.15, 0.2) is 11.5 Å². The minimum absolute atomic E-state index is 0.135. The maximum absolute atomic E-state index is 12.5. The molecule has 0 aromatic heterocycles. The van der Waals surface area contributed by atoms with E-state index in [0.717, 1.165) is 0 Å². The van der Waals surface area contributed by atoms with Crippen LogP contribution in [0, 0.1) is 0 Å². The van der Waals surface area contributed by atoms with Gasteiger partial charge in [-0.05, 0) is 36.8 Å². The maximum Gasteiger partial charge on any atom is 0.255 e. The minimum atomic E-state index is -0.135. The fraction of sp³-hybridized carbons (Fsp3) is 0.316. The molecule has 132 valence electrons. The Morgan fingerprint density at radius 2 is 1.84 bits per heavy atom. The molecule has 3 rings (SSSR count). The van der Waals surface area contributed by atoms with Crippen LogP contribution in [0.2, 0.25) is 0 Å². The van der Waals surface area contributed by atoms with Crippen molar-refractivity contribution in [3.05, 3.63) is 53.6 Å². The van der Waals surface area contributed by atoms with E-state index in [-0.39, 0.29) is 5.91 Å². The van der Waals surface area contributed by atoms with Gasteiger partial charge in [0.05, 0.1) is 18.3 Å². The standard InChI is InChI=1S/C19H21NO3S2/c1-3-23-16-9-8-15(12-17(16)22-2)20-18(21)13-4-6-14(7-5-13)19-24-10-11-25-19/h4-9,12,19H,3,10-11H2,1-2H3,(H,20,21). The van der Waals surface area contributed by atoms with Crippen molar-refractivity contribution in [3.63, 3.8) is 0 Å². The molecule has 2 aromatic rings. The molecular formula is C19H21NO3S2. The summed E-state index contributed by atoms with van der Waals surface area (Å²) >= 11 is 3.92. The third kappa shape index (κ3) is 4.44. The largest absolute Gasteiger partial charge is 0.493 e. The number of thioether (sulfide) groups is 2. The van der Waals surface area contributed by atoms with Crippen LogP contribution in [-0.2, 0) is 0 Å². The second-order valence-corrected chi connectivity index (χ2v) is 8.17. The Labute approximate surface area is 156 Å². The number of nitrogens with one attached hydrogen (secondary N) is 1. The molecule has 4 nitrogen and oxygen atoms in total. The summed E-state index contributed by atoms with van der Waals surface area (Å²) in [4.78, 5) is 12.5. The zero-order valence-corrected chi connectivity index (χ0v) is 15.9.